The van der Waals surface area contributed by atoms with Crippen molar-refractivity contribution in [2.45, 2.75) is 81.3 Å². The second kappa shape index (κ2) is 32.7. The number of carbonyl (C=O) groups is 4. The number of benzene rings is 8. The number of aromatic hydroxyl groups is 3. The molecule has 0 bridgehead atoms. The minimum absolute atomic E-state index is 0.147. The Hall–Kier alpha value is -6.08. The van der Waals surface area contributed by atoms with E-state index in [0.29, 0.717) is 48.6 Å². The van der Waals surface area contributed by atoms with Crippen molar-refractivity contribution in [1.29, 1.82) is 0 Å². The number of Topliss-reactive ketones (excluding diaryl/α,β-unsaturated/α-hetero) is 4. The number of halogens is 9. The highest BCUT2D eigenvalue weighted by Crippen LogP contribution is 2.54. The lowest BCUT2D eigenvalue weighted by Crippen LogP contribution is -2.28. The first-order valence-corrected chi connectivity index (χ1v) is 38.0. The SMILES string of the molecule is COc1ccc(CBr)c(CBr)c1.COc1ccc2c(c1)CC1(C2)Cc2c(ccc(OC)c2Br)C1=O.COc1ccc2c(c1Br)CC1(Cc3ccc(O)cc3C1)C2=O.COc1ccc2c(c1Br)CCC2=O.CSC.FB(F)F.O=C1c2ccc(O)c(Br)c2CC12Cc1ccc(O)cc1C2. The smallest absolute Gasteiger partial charge is 0.508 e. The average Bonchev–Trinajstić information content (AvgIpc) is 1.59. The van der Waals surface area contributed by atoms with Gasteiger partial charge in [-0.1, -0.05) is 56.1 Å². The predicted molar refractivity (Wildman–Crippen MR) is 400 cm³/mol. The van der Waals surface area contributed by atoms with E-state index in [1.54, 1.807) is 83.7 Å². The highest BCUT2D eigenvalue weighted by atomic mass is 79.9. The molecule has 0 aromatic heterocycles. The molecule has 98 heavy (non-hydrogen) atoms. The van der Waals surface area contributed by atoms with Crippen molar-refractivity contribution in [2.24, 2.45) is 16.2 Å². The Kier molecular flexibility index (Phi) is 25.4. The third kappa shape index (κ3) is 15.8. The summed E-state index contributed by atoms with van der Waals surface area (Å²) in [6.07, 6.45) is 12.0. The van der Waals surface area contributed by atoms with Crippen LogP contribution in [0.5, 0.6) is 46.0 Å². The number of hydrogen-bond acceptors (Lipinski definition) is 13. The molecule has 3 unspecified atom stereocenters. The molecule has 7 aliphatic carbocycles. The van der Waals surface area contributed by atoms with Gasteiger partial charge in [-0.15, -0.1) is 0 Å². The topological polar surface area (TPSA) is 175 Å². The Labute approximate surface area is 623 Å². The molecule has 7 aliphatic rings. The summed E-state index contributed by atoms with van der Waals surface area (Å²) in [6.45, 7) is 0. The number of ketones is 4. The Morgan fingerprint density at radius 1 is 0.408 bits per heavy atom. The van der Waals surface area contributed by atoms with E-state index >= 15 is 0 Å². The van der Waals surface area contributed by atoms with E-state index in [9.17, 15) is 47.4 Å². The van der Waals surface area contributed by atoms with Gasteiger partial charge in [0.2, 0.25) is 0 Å². The summed E-state index contributed by atoms with van der Waals surface area (Å²) in [6, 6.07) is 37.4. The molecular weight excluding hydrogens is 1670 g/mol. The number of thioether (sulfide) groups is 1. The Morgan fingerprint density at radius 2 is 0.755 bits per heavy atom. The summed E-state index contributed by atoms with van der Waals surface area (Å²) >= 11 is 22.6. The molecule has 15 rings (SSSR count). The summed E-state index contributed by atoms with van der Waals surface area (Å²) in [5, 5.41) is 30.9. The van der Waals surface area contributed by atoms with Gasteiger partial charge in [-0.25, -0.2) is 0 Å². The number of phenolic OH excluding ortho intramolecular Hbond substituents is 3. The molecule has 3 spiro atoms. The molecule has 0 heterocycles. The third-order valence-corrected chi connectivity index (χ3v) is 23.5. The largest absolute Gasteiger partial charge is 0.762 e. The number of methoxy groups -OCH3 is 5. The van der Waals surface area contributed by atoms with Crippen LogP contribution >= 0.6 is 107 Å². The van der Waals surface area contributed by atoms with E-state index < -0.39 is 18.4 Å². The van der Waals surface area contributed by atoms with E-state index in [0.717, 1.165) is 141 Å². The number of hydrogen-bond donors (Lipinski definition) is 3. The number of rotatable bonds is 7. The van der Waals surface area contributed by atoms with Crippen molar-refractivity contribution in [3.8, 4) is 46.0 Å². The summed E-state index contributed by atoms with van der Waals surface area (Å²) in [5.74, 6) is 5.64. The van der Waals surface area contributed by atoms with Crippen molar-refractivity contribution in [1.82, 2.24) is 0 Å². The number of phenols is 3. The maximum absolute atomic E-state index is 13.1. The molecule has 0 fully saturated rings. The van der Waals surface area contributed by atoms with Crippen LogP contribution in [0.25, 0.3) is 0 Å². The van der Waals surface area contributed by atoms with Crippen LogP contribution in [0, 0.1) is 16.2 Å². The Bertz CT molecular complexity index is 4380. The first-order valence-electron chi connectivity index (χ1n) is 30.9. The monoisotopic (exact) mass is 1740 g/mol. The highest BCUT2D eigenvalue weighted by molar-refractivity contribution is 9.11. The second-order valence-electron chi connectivity index (χ2n) is 24.7. The van der Waals surface area contributed by atoms with Crippen molar-refractivity contribution >= 4 is 138 Å². The fourth-order valence-corrected chi connectivity index (χ4v) is 17.8. The van der Waals surface area contributed by atoms with E-state index in [4.69, 9.17) is 23.7 Å². The molecule has 23 heteroatoms. The Balaban J connectivity index is 0.000000143. The molecule has 0 radical (unpaired) electrons. The zero-order valence-electron chi connectivity index (χ0n) is 54.6. The van der Waals surface area contributed by atoms with Crippen LogP contribution in [-0.2, 0) is 74.9 Å². The summed E-state index contributed by atoms with van der Waals surface area (Å²) in [5.41, 5.74) is 15.6. The lowest BCUT2D eigenvalue weighted by atomic mass is 9.81. The quantitative estimate of drug-likeness (QED) is 0.102. The molecule has 12 nitrogen and oxygen atoms in total. The zero-order valence-corrected chi connectivity index (χ0v) is 65.0. The molecule has 0 amide bonds. The summed E-state index contributed by atoms with van der Waals surface area (Å²) < 4.78 is 58.7. The fourth-order valence-electron chi connectivity index (χ4n) is 14.2. The molecule has 8 aromatic carbocycles. The van der Waals surface area contributed by atoms with Crippen LogP contribution in [0.4, 0.5) is 12.9 Å². The van der Waals surface area contributed by atoms with Crippen LogP contribution < -0.4 is 23.7 Å². The first kappa shape index (κ1) is 76.1. The van der Waals surface area contributed by atoms with Crippen LogP contribution in [0.2, 0.25) is 0 Å². The van der Waals surface area contributed by atoms with Gasteiger partial charge in [0.25, 0.3) is 0 Å². The van der Waals surface area contributed by atoms with Crippen molar-refractivity contribution < 1.29 is 71.1 Å². The van der Waals surface area contributed by atoms with Crippen LogP contribution in [-0.4, -0.2) is 94.1 Å². The molecule has 0 saturated heterocycles. The summed E-state index contributed by atoms with van der Waals surface area (Å²) in [4.78, 5) is 50.3. The van der Waals surface area contributed by atoms with E-state index in [1.165, 1.54) is 27.8 Å². The average molecular weight is 1740 g/mol. The molecule has 8 aromatic rings. The van der Waals surface area contributed by atoms with Gasteiger partial charge in [0, 0.05) is 55.6 Å². The second-order valence-corrected chi connectivity index (χ2v) is 29.8. The van der Waals surface area contributed by atoms with Gasteiger partial charge >= 0.3 is 7.54 Å². The molecular formula is C75H70BBr6F3O12S. The Morgan fingerprint density at radius 3 is 1.16 bits per heavy atom. The van der Waals surface area contributed by atoms with Gasteiger partial charge in [-0.05, 0) is 304 Å². The van der Waals surface area contributed by atoms with Crippen molar-refractivity contribution in [3.05, 3.63) is 228 Å². The van der Waals surface area contributed by atoms with Crippen molar-refractivity contribution in [3.63, 3.8) is 0 Å². The normalized spacial score (nSPS) is 18.4. The lowest BCUT2D eigenvalue weighted by Gasteiger charge is -2.20. The molecule has 0 saturated carbocycles. The maximum atomic E-state index is 13.1. The van der Waals surface area contributed by atoms with Crippen molar-refractivity contribution in [2.75, 3.05) is 48.1 Å². The van der Waals surface area contributed by atoms with E-state index in [2.05, 4.69) is 114 Å². The third-order valence-electron chi connectivity index (χ3n) is 18.8. The van der Waals surface area contributed by atoms with Gasteiger partial charge in [-0.2, -0.15) is 11.8 Å². The van der Waals surface area contributed by atoms with Gasteiger partial charge in [0.15, 0.2) is 23.1 Å². The number of alkyl halides is 2. The van der Waals surface area contributed by atoms with Gasteiger partial charge in [-0.3, -0.25) is 32.1 Å². The van der Waals surface area contributed by atoms with E-state index in [-0.39, 0.29) is 45.8 Å². The lowest BCUT2D eigenvalue weighted by molar-refractivity contribution is 0.0825. The predicted octanol–water partition coefficient (Wildman–Crippen LogP) is 19.0. The standard InChI is InChI=1S/C19H17BrO3.C18H15BrO3.C17H13BrO3.C10H9BrO2.C9H10Br2O.C2H6S.BF3/c1-22-13-4-3-11-8-19(9-12(11)7-13)10-15-14(18(19)21)5-6-16(23-2)17(15)20;1-22-15-5-4-13-14(16(15)19)9-18(17(13)21)7-10-2-3-12(20)6-11(10)8-18;18-15-13-8-17(16(21)12(13)3-4-14(15)20)6-9-1-2-11(19)5-10(9)7-17;1-13-9-5-3-6-7(10(9)11)2-4-8(6)12;1-12-9-3-2-7(5-10)8(4-9)6-11;1-3-2;2-1(3)4/h3-7H,8-10H2,1-2H3;2-6,20H,7-9H2,1H3;1-5,19-20H,6-8H2;3,5H,2,4H2,1H3;2-4H,5-6H2,1H3;1-2H3;. The zero-order chi connectivity index (χ0) is 71.1. The van der Waals surface area contributed by atoms with Gasteiger partial charge < -0.3 is 39.0 Å². The fraction of sp³-hybridized carbons (Fsp3) is 0.307. The first-order chi connectivity index (χ1) is 46.8. The van der Waals surface area contributed by atoms with E-state index in [1.807, 2.05) is 79.2 Å². The molecule has 0 aliphatic heterocycles. The molecule has 514 valence electrons. The van der Waals surface area contributed by atoms with Crippen LogP contribution in [0.3, 0.4) is 0 Å². The van der Waals surface area contributed by atoms with Gasteiger partial charge in [0.05, 0.1) is 53.4 Å². The maximum Gasteiger partial charge on any atom is 0.762 e. The van der Waals surface area contributed by atoms with Crippen LogP contribution in [0.1, 0.15) is 115 Å². The minimum atomic E-state index is -3.67. The summed E-state index contributed by atoms with van der Waals surface area (Å²) in [7, 11) is 4.60. The number of fused-ring (bicyclic) bond motifs is 7. The number of ether oxygens (including phenoxy) is 5. The molecule has 3 atom stereocenters. The highest BCUT2D eigenvalue weighted by Gasteiger charge is 2.52. The number of carbonyl (C=O) groups excluding carboxylic acids is 4. The van der Waals surface area contributed by atoms with Gasteiger partial charge in [0.1, 0.15) is 46.0 Å². The van der Waals surface area contributed by atoms with Crippen LogP contribution in [0.15, 0.2) is 139 Å². The molecule has 3 N–H and O–H groups in total. The minimum Gasteiger partial charge on any atom is -0.508 e.